The van der Waals surface area contributed by atoms with Gasteiger partial charge in [0.25, 0.3) is 0 Å². The summed E-state index contributed by atoms with van der Waals surface area (Å²) in [6, 6.07) is 0. The summed E-state index contributed by atoms with van der Waals surface area (Å²) in [7, 11) is -9.73. The molecule has 0 aliphatic rings. The third-order valence-electron chi connectivity index (χ3n) is 16.9. The lowest BCUT2D eigenvalue weighted by Crippen LogP contribution is -2.29. The monoisotopic (exact) mass is 1500 g/mol. The number of aliphatic hydroxyl groups is 1. The molecule has 0 rings (SSSR count). The Morgan fingerprint density at radius 3 is 0.981 bits per heavy atom. The minimum absolute atomic E-state index is 0.0896. The van der Waals surface area contributed by atoms with Crippen LogP contribution in [0.2, 0.25) is 0 Å². The van der Waals surface area contributed by atoms with E-state index in [9.17, 15) is 43.2 Å². The Kier molecular flexibility index (Phi) is 76.6. The maximum Gasteiger partial charge on any atom is 0.472 e. The van der Waals surface area contributed by atoms with Gasteiger partial charge in [0.2, 0.25) is 0 Å². The first-order valence-electron chi connectivity index (χ1n) is 40.7. The van der Waals surface area contributed by atoms with Crippen molar-refractivity contribution in [3.05, 3.63) is 122 Å². The first-order valence-corrected chi connectivity index (χ1v) is 43.7. The standard InChI is InChI=1S/C85H146O17P2/c1-3-5-7-9-11-13-15-17-19-21-27-33-39-45-51-57-63-69-84(89)97-78-82(96-74-68-62-56-50-44-38-32-26-24-30-36-42-48-54-60-66-72-87)79-100-103(91,92)98-75-81(88)76-99-104(93,94)101-80-83(77-95-73-67-61-55-49-43-37-31-25-23-29-35-41-47-53-59-65-71-86)102-85(90)70-64-58-52-46-40-34-28-22-20-18-16-14-12-10-8-6-4-2/h11-14,17-20,23-24,27-30,33-34,45-46,51-52,71-72,81-83,88H,3-10,15-16,21-22,25-26,31-32,35-44,47-50,53-70,73-80H2,1-2H3,(H,91,92)(H,93,94)/b13-11-,14-12-,19-17-,20-18-,29-23-,30-24-,33-27-,34-28-,51-45-,52-46-/t81-,82-,83-/m1/s1. The van der Waals surface area contributed by atoms with Crippen LogP contribution in [0.25, 0.3) is 0 Å². The van der Waals surface area contributed by atoms with Crippen molar-refractivity contribution in [1.29, 1.82) is 0 Å². The second-order valence-electron chi connectivity index (χ2n) is 26.9. The van der Waals surface area contributed by atoms with E-state index in [0.29, 0.717) is 51.7 Å². The topological polar surface area (TPSA) is 237 Å². The van der Waals surface area contributed by atoms with Gasteiger partial charge in [-0.1, -0.05) is 251 Å². The van der Waals surface area contributed by atoms with Crippen molar-refractivity contribution in [3.8, 4) is 0 Å². The number of hydrogen-bond donors (Lipinski definition) is 3. The van der Waals surface area contributed by atoms with E-state index in [1.54, 1.807) is 0 Å². The largest absolute Gasteiger partial charge is 0.472 e. The Labute approximate surface area is 632 Å². The van der Waals surface area contributed by atoms with Crippen LogP contribution in [0.15, 0.2) is 122 Å². The molecule has 0 aliphatic heterocycles. The Hall–Kier alpha value is -4.22. The van der Waals surface area contributed by atoms with Crippen LogP contribution in [0.5, 0.6) is 0 Å². The molecule has 2 unspecified atom stereocenters. The summed E-state index contributed by atoms with van der Waals surface area (Å²) < 4.78 is 69.9. The molecule has 19 heteroatoms. The lowest BCUT2D eigenvalue weighted by atomic mass is 10.1. The number of aliphatic hydroxyl groups excluding tert-OH is 1. The third kappa shape index (κ3) is 78.8. The first kappa shape index (κ1) is 99.8. The van der Waals surface area contributed by atoms with Crippen LogP contribution in [0.4, 0.5) is 0 Å². The molecule has 0 saturated carbocycles. The number of carbonyl (C=O) groups is 4. The summed E-state index contributed by atoms with van der Waals surface area (Å²) in [5, 5.41) is 10.7. The molecule has 598 valence electrons. The number of phosphoric acid groups is 2. The summed E-state index contributed by atoms with van der Waals surface area (Å²) in [6.07, 6.45) is 88.8. The van der Waals surface area contributed by atoms with Gasteiger partial charge in [0.15, 0.2) is 0 Å². The number of allylic oxidation sites excluding steroid dienone is 20. The minimum atomic E-state index is -4.88. The van der Waals surface area contributed by atoms with E-state index in [1.165, 1.54) is 64.2 Å². The van der Waals surface area contributed by atoms with Crippen LogP contribution in [0, 0.1) is 0 Å². The molecule has 3 N–H and O–H groups in total. The normalized spacial score (nSPS) is 14.5. The fourth-order valence-electron chi connectivity index (χ4n) is 10.7. The third-order valence-corrected chi connectivity index (χ3v) is 18.8. The van der Waals surface area contributed by atoms with Gasteiger partial charge in [-0.15, -0.1) is 0 Å². The molecule has 5 atom stereocenters. The fourth-order valence-corrected chi connectivity index (χ4v) is 12.3. The summed E-state index contributed by atoms with van der Waals surface area (Å²) in [5.74, 6) is -0.959. The Bertz CT molecular complexity index is 2380. The number of ether oxygens (including phenoxy) is 4. The lowest BCUT2D eigenvalue weighted by molar-refractivity contribution is -0.154. The molecule has 0 amide bonds. The number of carbonyl (C=O) groups excluding carboxylic acids is 4. The predicted molar refractivity (Wildman–Crippen MR) is 427 cm³/mol. The van der Waals surface area contributed by atoms with Crippen LogP contribution in [-0.2, 0) is 65.4 Å². The molecule has 0 fully saturated rings. The maximum absolute atomic E-state index is 13.1. The van der Waals surface area contributed by atoms with Gasteiger partial charge in [-0.05, 0) is 167 Å². The van der Waals surface area contributed by atoms with Crippen molar-refractivity contribution in [2.24, 2.45) is 0 Å². The lowest BCUT2D eigenvalue weighted by Gasteiger charge is -2.21. The number of aldehydes is 2. The zero-order valence-corrected chi connectivity index (χ0v) is 66.8. The number of rotatable bonds is 80. The number of unbranched alkanes of at least 4 members (excludes halogenated alkanes) is 32. The molecular weight excluding hydrogens is 1350 g/mol. The smallest absolute Gasteiger partial charge is 0.463 e. The van der Waals surface area contributed by atoms with Gasteiger partial charge in [-0.25, -0.2) is 9.13 Å². The second-order valence-corrected chi connectivity index (χ2v) is 29.8. The quantitative estimate of drug-likeness (QED) is 0.0169. The van der Waals surface area contributed by atoms with Gasteiger partial charge < -0.3 is 43.4 Å². The molecule has 17 nitrogen and oxygen atoms in total. The van der Waals surface area contributed by atoms with E-state index in [2.05, 4.69) is 123 Å². The minimum Gasteiger partial charge on any atom is -0.463 e. The molecule has 104 heavy (non-hydrogen) atoms. The molecule has 0 bridgehead atoms. The molecule has 0 aromatic heterocycles. The van der Waals surface area contributed by atoms with Crippen molar-refractivity contribution in [3.63, 3.8) is 0 Å². The summed E-state index contributed by atoms with van der Waals surface area (Å²) >= 11 is 0. The van der Waals surface area contributed by atoms with Crippen molar-refractivity contribution in [1.82, 2.24) is 0 Å². The Morgan fingerprint density at radius 1 is 0.317 bits per heavy atom. The molecule has 0 saturated heterocycles. The van der Waals surface area contributed by atoms with Crippen LogP contribution >= 0.6 is 15.6 Å². The molecule has 0 aromatic rings. The summed E-state index contributed by atoms with van der Waals surface area (Å²) in [5.41, 5.74) is 0. The predicted octanol–water partition coefficient (Wildman–Crippen LogP) is 23.2. The van der Waals surface area contributed by atoms with Gasteiger partial charge in [-0.2, -0.15) is 0 Å². The average molecular weight is 1500 g/mol. The highest BCUT2D eigenvalue weighted by molar-refractivity contribution is 7.47. The van der Waals surface area contributed by atoms with Gasteiger partial charge >= 0.3 is 27.6 Å². The van der Waals surface area contributed by atoms with Crippen LogP contribution in [0.3, 0.4) is 0 Å². The van der Waals surface area contributed by atoms with E-state index in [4.69, 9.17) is 37.0 Å². The highest BCUT2D eigenvalue weighted by Gasteiger charge is 2.29. The van der Waals surface area contributed by atoms with Gasteiger partial charge in [0.1, 0.15) is 37.5 Å². The van der Waals surface area contributed by atoms with E-state index >= 15 is 0 Å². The van der Waals surface area contributed by atoms with Gasteiger partial charge in [0, 0.05) is 38.9 Å². The first-order chi connectivity index (χ1) is 50.9. The highest BCUT2D eigenvalue weighted by Crippen LogP contribution is 2.45. The second kappa shape index (κ2) is 79.8. The van der Waals surface area contributed by atoms with Crippen LogP contribution in [-0.4, -0.2) is 111 Å². The highest BCUT2D eigenvalue weighted by atomic mass is 31.2. The van der Waals surface area contributed by atoms with Crippen molar-refractivity contribution >= 4 is 40.2 Å². The van der Waals surface area contributed by atoms with Crippen molar-refractivity contribution in [2.75, 3.05) is 52.9 Å². The maximum atomic E-state index is 13.1. The van der Waals surface area contributed by atoms with Gasteiger partial charge in [0.05, 0.1) is 33.0 Å². The van der Waals surface area contributed by atoms with Crippen molar-refractivity contribution in [2.45, 2.75) is 340 Å². The fraction of sp³-hybridized carbons (Fsp3) is 0.718. The van der Waals surface area contributed by atoms with E-state index in [0.717, 1.165) is 205 Å². The zero-order valence-electron chi connectivity index (χ0n) is 65.0. The molecule has 0 aromatic carbocycles. The van der Waals surface area contributed by atoms with E-state index in [1.807, 2.05) is 12.2 Å². The Balaban J connectivity index is 5.33. The SMILES string of the molecule is CCCCC/C=C\C/C=C\C/C=C\C/C=C\CCCC(=O)OC[C@H](COP(=O)(O)OC[C@@H](O)COP(=O)(O)OC[C@@H](COCCCCCCCCC/C=C\CCCCCCC=O)OC(=O)CCC/C=C\C/C=C\C/C=C\C/C=C\CCCCC)OCCCCCCCCC/C=C\CCCCCCC=O. The average Bonchev–Trinajstić information content (AvgIpc) is 0.926. The Morgan fingerprint density at radius 2 is 0.606 bits per heavy atom. The molecule has 0 spiro atoms. The molecule has 0 radical (unpaired) electrons. The molecular formula is C85H146O17P2. The molecule has 0 heterocycles. The number of phosphoric ester groups is 2. The van der Waals surface area contributed by atoms with E-state index in [-0.39, 0.29) is 26.1 Å². The number of hydrogen-bond acceptors (Lipinski definition) is 15. The molecule has 0 aliphatic carbocycles. The number of esters is 2. The van der Waals surface area contributed by atoms with E-state index < -0.39 is 72.3 Å². The van der Waals surface area contributed by atoms with Crippen molar-refractivity contribution < 1.29 is 80.2 Å². The van der Waals surface area contributed by atoms with Gasteiger partial charge in [-0.3, -0.25) is 27.7 Å². The summed E-state index contributed by atoms with van der Waals surface area (Å²) in [4.78, 5) is 68.1. The van der Waals surface area contributed by atoms with Crippen LogP contribution in [0.1, 0.15) is 322 Å². The van der Waals surface area contributed by atoms with Crippen LogP contribution < -0.4 is 0 Å². The zero-order chi connectivity index (χ0) is 75.7. The summed E-state index contributed by atoms with van der Waals surface area (Å²) in [6.45, 7) is 2.13.